The maximum absolute atomic E-state index is 12.2. The maximum atomic E-state index is 12.2. The summed E-state index contributed by atoms with van der Waals surface area (Å²) in [5, 5.41) is 10.3. The molecule has 0 radical (unpaired) electrons. The number of ether oxygens (including phenoxy) is 3. The van der Waals surface area contributed by atoms with Crippen LogP contribution in [0.1, 0.15) is 21.8 Å². The van der Waals surface area contributed by atoms with Crippen LogP contribution in [-0.4, -0.2) is 32.9 Å². The monoisotopic (exact) mass is 502 g/mol. The Balaban J connectivity index is 1.20. The van der Waals surface area contributed by atoms with E-state index < -0.39 is 6.36 Å². The van der Waals surface area contributed by atoms with Crippen LogP contribution in [0, 0.1) is 0 Å². The van der Waals surface area contributed by atoms with Crippen molar-refractivity contribution < 1.29 is 27.4 Å². The summed E-state index contributed by atoms with van der Waals surface area (Å²) in [6.45, 7) is 2.01. The Labute approximate surface area is 203 Å². The molecular weight excluding hydrogens is 481 g/mol. The molecule has 0 N–H and O–H groups in total. The average Bonchev–Trinajstić information content (AvgIpc) is 3.52. The van der Waals surface area contributed by atoms with Gasteiger partial charge in [-0.2, -0.15) is 0 Å². The molecule has 0 aliphatic heterocycles. The second kappa shape index (κ2) is 11.6. The van der Waals surface area contributed by atoms with Crippen LogP contribution in [-0.2, 0) is 24.5 Å². The van der Waals surface area contributed by atoms with Crippen molar-refractivity contribution in [2.24, 2.45) is 0 Å². The predicted molar refractivity (Wildman–Crippen MR) is 125 cm³/mol. The van der Waals surface area contributed by atoms with Crippen molar-refractivity contribution >= 4 is 23.5 Å². The molecule has 0 saturated carbocycles. The minimum atomic E-state index is -4.70. The van der Waals surface area contributed by atoms with E-state index in [0.717, 1.165) is 27.6 Å². The summed E-state index contributed by atoms with van der Waals surface area (Å²) in [4.78, 5) is 4.50. The number of aromatic nitrogens is 4. The van der Waals surface area contributed by atoms with Crippen molar-refractivity contribution in [2.75, 3.05) is 6.61 Å². The molecule has 2 aromatic carbocycles. The van der Waals surface area contributed by atoms with E-state index in [0.29, 0.717) is 26.4 Å². The third-order valence-electron chi connectivity index (χ3n) is 4.62. The van der Waals surface area contributed by atoms with E-state index in [1.807, 2.05) is 29.6 Å². The minimum Gasteiger partial charge on any atom is -0.487 e. The Morgan fingerprint density at radius 3 is 2.43 bits per heavy atom. The molecule has 0 amide bonds. The number of hydrogen-bond acceptors (Lipinski definition) is 7. The van der Waals surface area contributed by atoms with Gasteiger partial charge in [0.25, 0.3) is 0 Å². The van der Waals surface area contributed by atoms with Gasteiger partial charge in [-0.3, -0.25) is 4.68 Å². The number of benzene rings is 2. The molecule has 182 valence electrons. The first-order valence-corrected chi connectivity index (χ1v) is 11.4. The fourth-order valence-corrected chi connectivity index (χ4v) is 3.65. The SMILES string of the molecule is FC(F)(F)Oc1ccc(/C=C/c2nc(COc3ccc(COCCn4ccnn4)cc3)cs2)cc1. The van der Waals surface area contributed by atoms with Gasteiger partial charge in [-0.25, -0.2) is 4.98 Å². The molecule has 4 aromatic rings. The molecule has 2 aromatic heterocycles. The molecule has 2 heterocycles. The zero-order valence-corrected chi connectivity index (χ0v) is 19.2. The van der Waals surface area contributed by atoms with Crippen molar-refractivity contribution in [1.29, 1.82) is 0 Å². The lowest BCUT2D eigenvalue weighted by Crippen LogP contribution is -2.16. The van der Waals surface area contributed by atoms with Crippen LogP contribution < -0.4 is 9.47 Å². The van der Waals surface area contributed by atoms with Gasteiger partial charge in [0, 0.05) is 11.6 Å². The van der Waals surface area contributed by atoms with Gasteiger partial charge in [0.1, 0.15) is 23.1 Å². The quantitative estimate of drug-likeness (QED) is 0.249. The molecule has 0 spiro atoms. The number of rotatable bonds is 11. The average molecular weight is 503 g/mol. The molecule has 7 nitrogen and oxygen atoms in total. The molecule has 0 saturated heterocycles. The molecule has 0 unspecified atom stereocenters. The summed E-state index contributed by atoms with van der Waals surface area (Å²) < 4.78 is 53.7. The molecule has 0 bridgehead atoms. The van der Waals surface area contributed by atoms with Crippen LogP contribution in [0.5, 0.6) is 11.5 Å². The summed E-state index contributed by atoms with van der Waals surface area (Å²) in [5.74, 6) is 0.467. The Morgan fingerprint density at radius 1 is 0.943 bits per heavy atom. The van der Waals surface area contributed by atoms with Gasteiger partial charge < -0.3 is 14.2 Å². The number of nitrogens with zero attached hydrogens (tertiary/aromatic N) is 4. The molecule has 0 atom stereocenters. The number of hydrogen-bond donors (Lipinski definition) is 0. The highest BCUT2D eigenvalue weighted by atomic mass is 32.1. The predicted octanol–water partition coefficient (Wildman–Crippen LogP) is 5.60. The molecule has 11 heteroatoms. The van der Waals surface area contributed by atoms with Crippen LogP contribution in [0.3, 0.4) is 0 Å². The lowest BCUT2D eigenvalue weighted by atomic mass is 10.2. The lowest BCUT2D eigenvalue weighted by Gasteiger charge is -2.08. The van der Waals surface area contributed by atoms with Crippen LogP contribution >= 0.6 is 11.3 Å². The van der Waals surface area contributed by atoms with Crippen LogP contribution in [0.15, 0.2) is 66.3 Å². The topological polar surface area (TPSA) is 71.3 Å². The van der Waals surface area contributed by atoms with E-state index in [1.165, 1.54) is 23.5 Å². The van der Waals surface area contributed by atoms with E-state index in [2.05, 4.69) is 20.0 Å². The second-order valence-corrected chi connectivity index (χ2v) is 8.17. The first kappa shape index (κ1) is 24.4. The summed E-state index contributed by atoms with van der Waals surface area (Å²) in [6.07, 6.45) is 2.28. The van der Waals surface area contributed by atoms with Crippen molar-refractivity contribution in [3.63, 3.8) is 0 Å². The zero-order chi connectivity index (χ0) is 24.5. The van der Waals surface area contributed by atoms with Gasteiger partial charge in [0.05, 0.1) is 31.6 Å². The van der Waals surface area contributed by atoms with Gasteiger partial charge in [0.15, 0.2) is 0 Å². The van der Waals surface area contributed by atoms with Crippen molar-refractivity contribution in [1.82, 2.24) is 20.0 Å². The molecule has 0 aliphatic carbocycles. The summed E-state index contributed by atoms with van der Waals surface area (Å²) in [7, 11) is 0. The third-order valence-corrected chi connectivity index (χ3v) is 5.48. The highest BCUT2D eigenvalue weighted by molar-refractivity contribution is 7.10. The maximum Gasteiger partial charge on any atom is 0.573 e. The Morgan fingerprint density at radius 2 is 1.71 bits per heavy atom. The minimum absolute atomic E-state index is 0.257. The van der Waals surface area contributed by atoms with Crippen LogP contribution in [0.25, 0.3) is 12.2 Å². The summed E-state index contributed by atoms with van der Waals surface area (Å²) in [5.41, 5.74) is 2.55. The Hall–Kier alpha value is -3.70. The van der Waals surface area contributed by atoms with E-state index >= 15 is 0 Å². The molecule has 0 fully saturated rings. The third kappa shape index (κ3) is 8.23. The number of thiazole rings is 1. The smallest absolute Gasteiger partial charge is 0.487 e. The normalized spacial score (nSPS) is 11.7. The van der Waals surface area contributed by atoms with Crippen LogP contribution in [0.4, 0.5) is 13.2 Å². The standard InChI is InChI=1S/C24H21F3N4O3S/c25-24(26,27)34-22-8-1-18(2-9-22)5-10-23-29-20(17-35-23)16-33-21-6-3-19(4-7-21)15-32-14-13-31-12-11-28-30-31/h1-12,17H,13-16H2/b10-5+. The Bertz CT molecular complexity index is 1210. The van der Waals surface area contributed by atoms with Crippen LogP contribution in [0.2, 0.25) is 0 Å². The molecule has 35 heavy (non-hydrogen) atoms. The van der Waals surface area contributed by atoms with Gasteiger partial charge in [0.2, 0.25) is 0 Å². The first-order chi connectivity index (χ1) is 16.9. The molecule has 4 rings (SSSR count). The largest absolute Gasteiger partial charge is 0.573 e. The molecular formula is C24H21F3N4O3S. The van der Waals surface area contributed by atoms with Gasteiger partial charge in [-0.1, -0.05) is 35.6 Å². The number of alkyl halides is 3. The zero-order valence-electron chi connectivity index (χ0n) is 18.4. The summed E-state index contributed by atoms with van der Waals surface area (Å²) in [6, 6.07) is 13.3. The first-order valence-electron chi connectivity index (χ1n) is 10.5. The highest BCUT2D eigenvalue weighted by Gasteiger charge is 2.30. The number of halogens is 3. The van der Waals surface area contributed by atoms with E-state index in [4.69, 9.17) is 9.47 Å². The fraction of sp³-hybridized carbons (Fsp3) is 0.208. The second-order valence-electron chi connectivity index (χ2n) is 7.28. The lowest BCUT2D eigenvalue weighted by molar-refractivity contribution is -0.274. The van der Waals surface area contributed by atoms with Gasteiger partial charge >= 0.3 is 6.36 Å². The van der Waals surface area contributed by atoms with Crippen molar-refractivity contribution in [3.8, 4) is 11.5 Å². The van der Waals surface area contributed by atoms with Gasteiger partial charge in [-0.15, -0.1) is 29.6 Å². The highest BCUT2D eigenvalue weighted by Crippen LogP contribution is 2.23. The van der Waals surface area contributed by atoms with Crippen molar-refractivity contribution in [2.45, 2.75) is 26.1 Å². The van der Waals surface area contributed by atoms with Gasteiger partial charge in [-0.05, 0) is 41.5 Å². The molecule has 0 aliphatic rings. The van der Waals surface area contributed by atoms with E-state index in [-0.39, 0.29) is 5.75 Å². The van der Waals surface area contributed by atoms with Crippen molar-refractivity contribution in [3.05, 3.63) is 88.1 Å². The summed E-state index contributed by atoms with van der Waals surface area (Å²) >= 11 is 1.45. The van der Waals surface area contributed by atoms with E-state index in [9.17, 15) is 13.2 Å². The Kier molecular flexibility index (Phi) is 8.11. The fourth-order valence-electron chi connectivity index (χ4n) is 2.95. The van der Waals surface area contributed by atoms with E-state index in [1.54, 1.807) is 41.4 Å².